The van der Waals surface area contributed by atoms with Gasteiger partial charge in [0.15, 0.2) is 15.4 Å². The summed E-state index contributed by atoms with van der Waals surface area (Å²) >= 11 is 15.6. The van der Waals surface area contributed by atoms with E-state index in [4.69, 9.17) is 27.9 Å². The SMILES string of the molecule is COc1cccc2c1CCN2[C@H]1CCN(c2ccc(S(=O)(=O)Nc3nccs3)cc2)C1=O.O=C1[C@@H](N2CCN(c3ccc(Cl)cc3)CC2)CCN1c1ccc(S(=O)(=O)Nc2nccs2)cc1.O=C1[C@@H](N2CCc3c(-c4ccc(F)c(Cl)c4)cccc32)CCN1c1ccc(S(=O)(=O)Nc2nccs2)cc1.[HH].[HH].[HH].[HH].[HH].[HH]. The molecule has 32 heteroatoms. The summed E-state index contributed by atoms with van der Waals surface area (Å²) < 4.78 is 102. The zero-order valence-electron chi connectivity index (χ0n) is 55.7. The van der Waals surface area contributed by atoms with Gasteiger partial charge in [0.2, 0.25) is 17.7 Å². The standard InChI is InChI=1S/C27H22ClFN4O3S2.C23H24ClN5O3S2.C22H22N4O4S2.6H2/c28-22-16-17(4-9-23(22)29)20-2-1-3-24-21(20)10-13-33(24)25-11-14-32(26(25)34)18-5-7-19(8-6-18)38(35,36)31-27-30-12-15-37-27;24-17-1-3-18(4-2-17)27-12-14-28(15-13-27)21-9-11-29(22(21)30)19-5-7-20(8-6-19)34(31,32)26-23-25-10-16-33-23;1-30-20-4-2-3-18-17(20)9-12-26(18)19-10-13-25(21(19)27)15-5-7-16(8-6-15)32(28,29)24-22-23-11-14-31-22;;;;;;/h1-9,12,15-16,25H,10-11,13-14H2,(H,30,31);1-8,10,16,21H,9,11-15H2,(H,25,26);2-8,11,14,19H,9-10,12-13H2,1H3,(H,23,24);6*1H/t25-;21-;19-;;;;;;/m000....../s1. The van der Waals surface area contributed by atoms with Crippen LogP contribution in [0, 0.1) is 5.82 Å². The summed E-state index contributed by atoms with van der Waals surface area (Å²) in [5, 5.41) is 6.82. The minimum absolute atomic E-state index is 0. The first-order chi connectivity index (χ1) is 50.2. The van der Waals surface area contributed by atoms with Crippen molar-refractivity contribution in [1.82, 2.24) is 19.9 Å². The van der Waals surface area contributed by atoms with E-state index in [9.17, 15) is 44.0 Å². The third-order valence-electron chi connectivity index (χ3n) is 19.1. The second kappa shape index (κ2) is 30.5. The van der Waals surface area contributed by atoms with Crippen molar-refractivity contribution < 1.29 is 57.3 Å². The molecule has 3 N–H and O–H groups in total. The summed E-state index contributed by atoms with van der Waals surface area (Å²) in [5.41, 5.74) is 9.33. The lowest BCUT2D eigenvalue weighted by molar-refractivity contribution is -0.122. The van der Waals surface area contributed by atoms with Crippen LogP contribution in [0.3, 0.4) is 0 Å². The van der Waals surface area contributed by atoms with Crippen molar-refractivity contribution >= 4 is 155 Å². The van der Waals surface area contributed by atoms with E-state index in [1.54, 1.807) is 92.7 Å². The van der Waals surface area contributed by atoms with Crippen LogP contribution in [0.5, 0.6) is 5.75 Å². The van der Waals surface area contributed by atoms with Gasteiger partial charge in [-0.15, -0.1) is 34.0 Å². The van der Waals surface area contributed by atoms with Gasteiger partial charge < -0.3 is 34.1 Å². The number of hydrogen-bond donors (Lipinski definition) is 3. The van der Waals surface area contributed by atoms with Gasteiger partial charge >= 0.3 is 0 Å². The number of amides is 3. The van der Waals surface area contributed by atoms with E-state index in [-0.39, 0.29) is 64.1 Å². The Hall–Kier alpha value is -9.24. The maximum Gasteiger partial charge on any atom is 0.263 e. The highest BCUT2D eigenvalue weighted by atomic mass is 35.5. The van der Waals surface area contributed by atoms with E-state index in [0.29, 0.717) is 71.5 Å². The lowest BCUT2D eigenvalue weighted by Crippen LogP contribution is -2.52. The number of piperazine rings is 1. The largest absolute Gasteiger partial charge is 0.496 e. The molecule has 0 saturated carbocycles. The van der Waals surface area contributed by atoms with E-state index < -0.39 is 35.9 Å². The minimum atomic E-state index is -3.77. The van der Waals surface area contributed by atoms with Gasteiger partial charge in [0, 0.05) is 147 Å². The van der Waals surface area contributed by atoms with Gasteiger partial charge in [-0.05, 0) is 176 Å². The highest BCUT2D eigenvalue weighted by Gasteiger charge is 2.43. The van der Waals surface area contributed by atoms with Crippen molar-refractivity contribution in [2.45, 2.75) is 64.9 Å². The molecule has 104 heavy (non-hydrogen) atoms. The monoisotopic (exact) mass is 1570 g/mol. The number of aromatic nitrogens is 3. The van der Waals surface area contributed by atoms with E-state index in [2.05, 4.69) is 48.7 Å². The lowest BCUT2D eigenvalue weighted by Gasteiger charge is -2.38. The Morgan fingerprint density at radius 1 is 0.481 bits per heavy atom. The molecule has 10 aromatic rings. The van der Waals surface area contributed by atoms with Crippen LogP contribution in [0.15, 0.2) is 201 Å². The number of carbonyl (C=O) groups is 3. The number of halogens is 3. The number of methoxy groups -OCH3 is 1. The number of thiazole rings is 3. The molecule has 0 radical (unpaired) electrons. The molecule has 4 fully saturated rings. The fourth-order valence-electron chi connectivity index (χ4n) is 14.0. The van der Waals surface area contributed by atoms with Gasteiger partial charge in [-0.3, -0.25) is 33.4 Å². The number of carbonyl (C=O) groups excluding carboxylic acids is 3. The summed E-state index contributed by atoms with van der Waals surface area (Å²) in [7, 11) is -9.55. The van der Waals surface area contributed by atoms with E-state index in [1.165, 1.54) is 88.9 Å². The molecule has 7 aromatic carbocycles. The van der Waals surface area contributed by atoms with Crippen LogP contribution in [-0.2, 0) is 57.3 Å². The maximum absolute atomic E-state index is 13.7. The van der Waals surface area contributed by atoms with Crippen molar-refractivity contribution in [3.8, 4) is 16.9 Å². The minimum Gasteiger partial charge on any atom is -0.496 e. The smallest absolute Gasteiger partial charge is 0.263 e. The zero-order valence-corrected chi connectivity index (χ0v) is 62.1. The highest BCUT2D eigenvalue weighted by Crippen LogP contribution is 2.42. The first-order valence-corrected chi connectivity index (χ1v) is 41.1. The maximum atomic E-state index is 13.7. The molecule has 0 unspecified atom stereocenters. The van der Waals surface area contributed by atoms with Crippen LogP contribution >= 0.6 is 57.2 Å². The second-order valence-electron chi connectivity index (χ2n) is 25.0. The average Bonchev–Trinajstić information content (AvgIpc) is 1.62. The number of anilines is 9. The molecule has 6 aliphatic heterocycles. The van der Waals surface area contributed by atoms with Gasteiger partial charge in [-0.2, -0.15) is 0 Å². The summed E-state index contributed by atoms with van der Waals surface area (Å²) in [6, 6.07) is 42.9. The first kappa shape index (κ1) is 71.7. The first-order valence-electron chi connectivity index (χ1n) is 33.2. The molecular formula is C72H80Cl2FN13O10S6. The predicted octanol–water partition coefficient (Wildman–Crippen LogP) is 13.7. The number of hydrogen-bond acceptors (Lipinski definition) is 20. The number of nitrogens with one attached hydrogen (secondary N) is 3. The highest BCUT2D eigenvalue weighted by molar-refractivity contribution is 7.93. The predicted molar refractivity (Wildman–Crippen MR) is 420 cm³/mol. The molecule has 0 bridgehead atoms. The Balaban J connectivity index is 0.000000203. The lowest BCUT2D eigenvalue weighted by atomic mass is 9.98. The Morgan fingerprint density at radius 3 is 1.33 bits per heavy atom. The molecule has 3 atom stereocenters. The van der Waals surface area contributed by atoms with Crippen LogP contribution in [0.25, 0.3) is 11.1 Å². The topological polar surface area (TPSA) is 260 Å². The number of ether oxygens (including phenoxy) is 1. The van der Waals surface area contributed by atoms with Crippen LogP contribution in [0.2, 0.25) is 10.0 Å². The summed E-state index contributed by atoms with van der Waals surface area (Å²) in [6.45, 7) is 6.54. The third kappa shape index (κ3) is 15.2. The van der Waals surface area contributed by atoms with Crippen LogP contribution < -0.4 is 48.3 Å². The number of benzene rings is 7. The van der Waals surface area contributed by atoms with Gasteiger partial charge in [0.25, 0.3) is 30.1 Å². The summed E-state index contributed by atoms with van der Waals surface area (Å²) in [6.07, 6.45) is 8.33. The number of sulfonamides is 3. The number of fused-ring (bicyclic) bond motifs is 2. The Labute approximate surface area is 632 Å². The molecule has 23 nitrogen and oxygen atoms in total. The van der Waals surface area contributed by atoms with Crippen molar-refractivity contribution in [3.05, 3.63) is 213 Å². The fraction of sp³-hybridized carbons (Fsp3) is 0.250. The third-order valence-corrected chi connectivity index (χ3v) is 26.2. The summed E-state index contributed by atoms with van der Waals surface area (Å²) in [5.74, 6) is 0.469. The molecule has 9 heterocycles. The van der Waals surface area contributed by atoms with Crippen LogP contribution in [-0.4, -0.2) is 147 Å². The zero-order chi connectivity index (χ0) is 72.4. The molecule has 3 amide bonds. The van der Waals surface area contributed by atoms with Crippen molar-refractivity contribution in [1.29, 1.82) is 0 Å². The Bertz CT molecular complexity index is 5160. The molecule has 16 rings (SSSR count). The molecule has 6 aliphatic rings. The normalized spacial score (nSPS) is 18.3. The van der Waals surface area contributed by atoms with Crippen LogP contribution in [0.4, 0.5) is 53.9 Å². The quantitative estimate of drug-likeness (QED) is 0.0721. The van der Waals surface area contributed by atoms with E-state index >= 15 is 0 Å². The fourth-order valence-corrected chi connectivity index (χ4v) is 19.7. The molecule has 0 aliphatic carbocycles. The molecular weight excluding hydrogens is 1490 g/mol. The van der Waals surface area contributed by atoms with E-state index in [1.807, 2.05) is 60.7 Å². The molecule has 550 valence electrons. The second-order valence-corrected chi connectivity index (χ2v) is 33.5. The molecule has 4 saturated heterocycles. The van der Waals surface area contributed by atoms with Crippen molar-refractivity contribution in [2.75, 3.05) is 110 Å². The average molecular weight is 1570 g/mol. The summed E-state index contributed by atoms with van der Waals surface area (Å²) in [4.78, 5) is 66.3. The van der Waals surface area contributed by atoms with E-state index in [0.717, 1.165) is 102 Å². The number of rotatable bonds is 18. The van der Waals surface area contributed by atoms with Gasteiger partial charge in [-0.1, -0.05) is 47.5 Å². The van der Waals surface area contributed by atoms with Gasteiger partial charge in [0.05, 0.1) is 32.9 Å². The number of nitrogens with zero attached hydrogens (tertiary/aromatic N) is 10. The van der Waals surface area contributed by atoms with Crippen molar-refractivity contribution in [2.24, 2.45) is 0 Å². The molecule has 3 aromatic heterocycles. The Kier molecular flexibility index (Phi) is 21.0. The van der Waals surface area contributed by atoms with Crippen LogP contribution in [0.1, 0.15) is 38.9 Å². The van der Waals surface area contributed by atoms with Gasteiger partial charge in [0.1, 0.15) is 23.7 Å². The van der Waals surface area contributed by atoms with Gasteiger partial charge in [-0.25, -0.2) is 44.6 Å². The van der Waals surface area contributed by atoms with Crippen molar-refractivity contribution in [3.63, 3.8) is 0 Å². The Morgan fingerprint density at radius 2 is 0.894 bits per heavy atom. The molecule has 0 spiro atoms.